The van der Waals surface area contributed by atoms with Crippen molar-refractivity contribution >= 4 is 38.9 Å². The first-order chi connectivity index (χ1) is 8.50. The van der Waals surface area contributed by atoms with Crippen LogP contribution in [0.3, 0.4) is 0 Å². The first-order valence-corrected chi connectivity index (χ1v) is 6.97. The largest absolute Gasteiger partial charge is 0.395 e. The zero-order valence-corrected chi connectivity index (χ0v) is 12.4. The number of carbonyl (C=O) groups is 1. The average molecular weight is 329 g/mol. The van der Waals surface area contributed by atoms with Gasteiger partial charge in [-0.15, -0.1) is 11.3 Å². The van der Waals surface area contributed by atoms with Crippen molar-refractivity contribution in [3.63, 3.8) is 0 Å². The maximum Gasteiger partial charge on any atom is 0.271 e. The van der Waals surface area contributed by atoms with E-state index in [1.807, 2.05) is 11.4 Å². The van der Waals surface area contributed by atoms with Gasteiger partial charge in [-0.05, 0) is 34.3 Å². The summed E-state index contributed by atoms with van der Waals surface area (Å²) in [7, 11) is 1.71. The van der Waals surface area contributed by atoms with Crippen molar-refractivity contribution in [2.75, 3.05) is 5.73 Å². The Hall–Kier alpha value is -1.34. The smallest absolute Gasteiger partial charge is 0.271 e. The predicted molar refractivity (Wildman–Crippen MR) is 75.5 cm³/mol. The summed E-state index contributed by atoms with van der Waals surface area (Å²) in [4.78, 5) is 13.1. The zero-order valence-electron chi connectivity index (χ0n) is 10.0. The number of anilines is 1. The molecule has 2 aromatic rings. The molecule has 5 nitrogen and oxygen atoms in total. The summed E-state index contributed by atoms with van der Waals surface area (Å²) >= 11 is 5.01. The third-order valence-electron chi connectivity index (χ3n) is 2.58. The minimum Gasteiger partial charge on any atom is -0.395 e. The Morgan fingerprint density at radius 2 is 2.39 bits per heavy atom. The van der Waals surface area contributed by atoms with Crippen LogP contribution in [0.2, 0.25) is 0 Å². The maximum atomic E-state index is 12.0. The summed E-state index contributed by atoms with van der Waals surface area (Å²) < 4.78 is 2.51. The van der Waals surface area contributed by atoms with Crippen LogP contribution >= 0.6 is 27.3 Å². The van der Waals surface area contributed by atoms with E-state index in [2.05, 4.69) is 26.3 Å². The molecule has 18 heavy (non-hydrogen) atoms. The summed E-state index contributed by atoms with van der Waals surface area (Å²) in [6.07, 6.45) is 0. The maximum absolute atomic E-state index is 12.0. The molecule has 0 aliphatic heterocycles. The molecule has 1 amide bonds. The number of carbonyl (C=O) groups excluding carboxylic acids is 1. The molecule has 0 saturated heterocycles. The van der Waals surface area contributed by atoms with Gasteiger partial charge in [-0.3, -0.25) is 9.48 Å². The lowest BCUT2D eigenvalue weighted by atomic mass is 10.3. The fourth-order valence-electron chi connectivity index (χ4n) is 1.64. The highest BCUT2D eigenvalue weighted by Crippen LogP contribution is 2.22. The molecular weight excluding hydrogens is 316 g/mol. The molecule has 0 unspecified atom stereocenters. The number of hydrogen-bond acceptors (Lipinski definition) is 4. The van der Waals surface area contributed by atoms with E-state index in [1.54, 1.807) is 25.3 Å². The quantitative estimate of drug-likeness (QED) is 0.905. The van der Waals surface area contributed by atoms with Crippen LogP contribution in [0.25, 0.3) is 0 Å². The lowest BCUT2D eigenvalue weighted by Gasteiger charge is -2.05. The van der Waals surface area contributed by atoms with Gasteiger partial charge in [-0.1, -0.05) is 0 Å². The number of nitrogens with two attached hydrogens (primary N) is 1. The Bertz CT molecular complexity index is 590. The number of nitrogen functional groups attached to an aromatic ring is 1. The van der Waals surface area contributed by atoms with E-state index in [1.165, 1.54) is 4.68 Å². The SMILES string of the molecule is Cc1nn(C)c(C(=O)NCc2sccc2Br)c1N. The van der Waals surface area contributed by atoms with Crippen molar-refractivity contribution in [3.8, 4) is 0 Å². The van der Waals surface area contributed by atoms with E-state index in [9.17, 15) is 4.79 Å². The van der Waals surface area contributed by atoms with Crippen LogP contribution in [0, 0.1) is 6.92 Å². The lowest BCUT2D eigenvalue weighted by Crippen LogP contribution is -2.25. The molecule has 0 aliphatic carbocycles. The van der Waals surface area contributed by atoms with Crippen molar-refractivity contribution in [2.24, 2.45) is 7.05 Å². The molecule has 0 aliphatic rings. The predicted octanol–water partition coefficient (Wildman–Crippen LogP) is 2.06. The molecule has 2 aromatic heterocycles. The number of hydrogen-bond donors (Lipinski definition) is 2. The topological polar surface area (TPSA) is 72.9 Å². The molecule has 0 radical (unpaired) electrons. The van der Waals surface area contributed by atoms with E-state index < -0.39 is 0 Å². The Morgan fingerprint density at radius 1 is 1.67 bits per heavy atom. The molecule has 7 heteroatoms. The van der Waals surface area contributed by atoms with Crippen LogP contribution in [0.1, 0.15) is 21.1 Å². The summed E-state index contributed by atoms with van der Waals surface area (Å²) in [6.45, 7) is 2.25. The van der Waals surface area contributed by atoms with Crippen molar-refractivity contribution in [1.29, 1.82) is 0 Å². The van der Waals surface area contributed by atoms with Crippen LogP contribution in [0.4, 0.5) is 5.69 Å². The first kappa shape index (κ1) is 13.1. The van der Waals surface area contributed by atoms with E-state index in [0.717, 1.165) is 9.35 Å². The normalized spacial score (nSPS) is 10.6. The van der Waals surface area contributed by atoms with E-state index in [0.29, 0.717) is 23.6 Å². The Morgan fingerprint density at radius 3 is 2.89 bits per heavy atom. The van der Waals surface area contributed by atoms with Gasteiger partial charge in [0.25, 0.3) is 5.91 Å². The second-order valence-corrected chi connectivity index (χ2v) is 5.70. The average Bonchev–Trinajstić information content (AvgIpc) is 2.81. The molecule has 0 bridgehead atoms. The van der Waals surface area contributed by atoms with Crippen molar-refractivity contribution in [2.45, 2.75) is 13.5 Å². The summed E-state index contributed by atoms with van der Waals surface area (Å²) in [5.41, 5.74) is 7.33. The third-order valence-corrected chi connectivity index (χ3v) is 4.51. The van der Waals surface area contributed by atoms with E-state index in [4.69, 9.17) is 5.73 Å². The highest BCUT2D eigenvalue weighted by atomic mass is 79.9. The van der Waals surface area contributed by atoms with Crippen LogP contribution in [-0.2, 0) is 13.6 Å². The van der Waals surface area contributed by atoms with E-state index in [-0.39, 0.29) is 5.91 Å². The molecule has 0 atom stereocenters. The molecule has 3 N–H and O–H groups in total. The highest BCUT2D eigenvalue weighted by molar-refractivity contribution is 9.10. The van der Waals surface area contributed by atoms with Crippen molar-refractivity contribution < 1.29 is 4.79 Å². The zero-order chi connectivity index (χ0) is 13.3. The van der Waals surface area contributed by atoms with Crippen LogP contribution in [-0.4, -0.2) is 15.7 Å². The standard InChI is InChI=1S/C11H13BrN4OS/c1-6-9(13)10(16(2)15-6)11(17)14-5-8-7(12)3-4-18-8/h3-4H,5,13H2,1-2H3,(H,14,17). The van der Waals surface area contributed by atoms with Gasteiger partial charge in [0.15, 0.2) is 0 Å². The molecule has 0 aromatic carbocycles. The first-order valence-electron chi connectivity index (χ1n) is 5.30. The van der Waals surface area contributed by atoms with E-state index >= 15 is 0 Å². The molecule has 0 saturated carbocycles. The number of aryl methyl sites for hydroxylation is 2. The van der Waals surface area contributed by atoms with Crippen molar-refractivity contribution in [3.05, 3.63) is 32.2 Å². The number of nitrogens with zero attached hydrogens (tertiary/aromatic N) is 2. The lowest BCUT2D eigenvalue weighted by molar-refractivity contribution is 0.0943. The van der Waals surface area contributed by atoms with Crippen LogP contribution in [0.15, 0.2) is 15.9 Å². The van der Waals surface area contributed by atoms with Gasteiger partial charge < -0.3 is 11.1 Å². The second-order valence-electron chi connectivity index (χ2n) is 3.85. The fourth-order valence-corrected chi connectivity index (χ4v) is 3.07. The van der Waals surface area contributed by atoms with Gasteiger partial charge in [-0.2, -0.15) is 5.10 Å². The molecular formula is C11H13BrN4OS. The van der Waals surface area contributed by atoms with Gasteiger partial charge in [0.05, 0.1) is 17.9 Å². The number of amides is 1. The number of thiophene rings is 1. The van der Waals surface area contributed by atoms with Crippen LogP contribution < -0.4 is 11.1 Å². The summed E-state index contributed by atoms with van der Waals surface area (Å²) in [6, 6.07) is 1.95. The summed E-state index contributed by atoms with van der Waals surface area (Å²) in [5, 5.41) is 8.92. The molecule has 2 rings (SSSR count). The number of nitrogens with one attached hydrogen (secondary N) is 1. The molecule has 2 heterocycles. The number of rotatable bonds is 3. The Labute approximate surface area is 117 Å². The monoisotopic (exact) mass is 328 g/mol. The van der Waals surface area contributed by atoms with Gasteiger partial charge in [0.2, 0.25) is 0 Å². The van der Waals surface area contributed by atoms with Gasteiger partial charge >= 0.3 is 0 Å². The van der Waals surface area contributed by atoms with Gasteiger partial charge in [0, 0.05) is 16.4 Å². The number of aromatic nitrogens is 2. The third kappa shape index (κ3) is 2.41. The highest BCUT2D eigenvalue weighted by Gasteiger charge is 2.17. The Kier molecular flexibility index (Phi) is 3.72. The minimum absolute atomic E-state index is 0.212. The van der Waals surface area contributed by atoms with Crippen LogP contribution in [0.5, 0.6) is 0 Å². The Balaban J connectivity index is 2.11. The second kappa shape index (κ2) is 5.11. The van der Waals surface area contributed by atoms with Gasteiger partial charge in [-0.25, -0.2) is 0 Å². The van der Waals surface area contributed by atoms with Gasteiger partial charge in [0.1, 0.15) is 5.69 Å². The number of halogens is 1. The van der Waals surface area contributed by atoms with Crippen molar-refractivity contribution in [1.82, 2.24) is 15.1 Å². The summed E-state index contributed by atoms with van der Waals surface area (Å²) in [5.74, 6) is -0.212. The minimum atomic E-state index is -0.212. The molecule has 0 fully saturated rings. The molecule has 96 valence electrons. The molecule has 0 spiro atoms. The fraction of sp³-hybridized carbons (Fsp3) is 0.273.